The number of carbonyl (C=O) groups excluding carboxylic acids is 3. The minimum absolute atomic E-state index is 0.00417. The van der Waals surface area contributed by atoms with Gasteiger partial charge in [0.1, 0.15) is 5.69 Å². The lowest BCUT2D eigenvalue weighted by molar-refractivity contribution is -0.123. The van der Waals surface area contributed by atoms with Gasteiger partial charge in [0, 0.05) is 74.5 Å². The van der Waals surface area contributed by atoms with Gasteiger partial charge < -0.3 is 41.8 Å². The molecule has 0 unspecified atom stereocenters. The largest absolute Gasteiger partial charge is 0.483 e. The van der Waals surface area contributed by atoms with Gasteiger partial charge in [0.15, 0.2) is 5.76 Å². The van der Waals surface area contributed by atoms with Gasteiger partial charge in [-0.15, -0.1) is 5.10 Å². The molecule has 0 atom stereocenters. The molecule has 0 radical (unpaired) electrons. The quantitative estimate of drug-likeness (QED) is 0.0415. The molecule has 22 heteroatoms. The van der Waals surface area contributed by atoms with Crippen LogP contribution in [0.2, 0.25) is 5.02 Å². The number of fused-ring (bicyclic) bond motifs is 1. The summed E-state index contributed by atoms with van der Waals surface area (Å²) in [6.07, 6.45) is 11.0. The maximum atomic E-state index is 13.3. The Kier molecular flexibility index (Phi) is 16.6. The lowest BCUT2D eigenvalue weighted by Gasteiger charge is -2.26. The van der Waals surface area contributed by atoms with Gasteiger partial charge in [-0.2, -0.15) is 19.5 Å². The topological polar surface area (TPSA) is 286 Å². The summed E-state index contributed by atoms with van der Waals surface area (Å²) in [5.41, 5.74) is 11.4. The van der Waals surface area contributed by atoms with Crippen LogP contribution in [0.15, 0.2) is 89.9 Å². The second kappa shape index (κ2) is 23.5. The first kappa shape index (κ1) is 48.1. The number of nitrogens with two attached hydrogens (primary N) is 1. The summed E-state index contributed by atoms with van der Waals surface area (Å²) in [5.74, 6) is 0.566. The minimum atomic E-state index is -0.475. The van der Waals surface area contributed by atoms with Crippen molar-refractivity contribution >= 4 is 64.8 Å². The summed E-state index contributed by atoms with van der Waals surface area (Å²) < 4.78 is 6.67. The molecule has 352 valence electrons. The number of pyridine rings is 1. The fourth-order valence-electron chi connectivity index (χ4n) is 7.31. The lowest BCUT2D eigenvalue weighted by atomic mass is 9.98. The number of aromatic nitrogens is 8. The molecule has 6 heterocycles. The maximum Gasteiger partial charge on any atom is 0.293 e. The van der Waals surface area contributed by atoms with Crippen LogP contribution in [0.25, 0.3) is 28.5 Å². The van der Waals surface area contributed by atoms with E-state index in [1.807, 2.05) is 37.3 Å². The highest BCUT2D eigenvalue weighted by molar-refractivity contribution is 6.36. The number of benzene rings is 2. The van der Waals surface area contributed by atoms with E-state index < -0.39 is 5.91 Å². The first-order chi connectivity index (χ1) is 33.1. The van der Waals surface area contributed by atoms with Crippen molar-refractivity contribution in [1.29, 1.82) is 0 Å². The summed E-state index contributed by atoms with van der Waals surface area (Å²) in [5, 5.41) is 26.6. The van der Waals surface area contributed by atoms with Gasteiger partial charge in [-0.05, 0) is 86.3 Å². The van der Waals surface area contributed by atoms with E-state index in [-0.39, 0.29) is 41.8 Å². The van der Waals surface area contributed by atoms with Crippen LogP contribution in [0.3, 0.4) is 0 Å². The number of likely N-dealkylation sites (tertiary alicyclic amines) is 1. The molecule has 8 N–H and O–H groups in total. The molecule has 0 bridgehead atoms. The molecule has 2 aromatic carbocycles. The number of hydrogen-bond acceptors (Lipinski definition) is 16. The zero-order valence-electron chi connectivity index (χ0n) is 37.1. The van der Waals surface area contributed by atoms with E-state index in [2.05, 4.69) is 66.5 Å². The SMILES string of the molecule is Cc1c(NC(=O)c2ncc(CNCCNC(=O)CCCNc3nc(N)n4nc(-c5ccco5)nc4n3)cn2)cccc1-c1cccc(NC(=O)c2ccc(CN3CCCCC3)cn2)c1Cl.O=CO. The van der Waals surface area contributed by atoms with E-state index in [0.29, 0.717) is 78.3 Å². The standard InChI is InChI=1S/C45H48ClN15O4.CH2O2/c1-28-31(32-10-6-12-34(38(32)46)55-41(63)35-16-15-29(24-51-35)27-60-20-3-2-4-21-60)9-5-11-33(28)54-42(64)40-52-25-30(26-53-40)23-48-18-19-49-37(62)14-7-17-50-44-57-43(47)61-45(58-44)56-39(59-61)36-13-8-22-65-36;2-1-3/h5-6,8-13,15-16,22,24-26,48H,2-4,7,14,17-21,23,27H2,1H3,(H,49,62)(H,54,64)(H,55,63)(H3,47,50,56,57,58,59);1H,(H,2,3). The Morgan fingerprint density at radius 2 is 1.57 bits per heavy atom. The molecule has 0 saturated carbocycles. The molecular formula is C46H50ClN15O6. The zero-order chi connectivity index (χ0) is 47.8. The van der Waals surface area contributed by atoms with E-state index in [9.17, 15) is 14.4 Å². The third kappa shape index (κ3) is 12.7. The van der Waals surface area contributed by atoms with Gasteiger partial charge in [-0.3, -0.25) is 29.1 Å². The second-order valence-corrected chi connectivity index (χ2v) is 15.9. The van der Waals surface area contributed by atoms with E-state index in [1.54, 1.807) is 48.9 Å². The van der Waals surface area contributed by atoms with Gasteiger partial charge in [-0.25, -0.2) is 9.97 Å². The average Bonchev–Trinajstić information content (AvgIpc) is 4.05. The van der Waals surface area contributed by atoms with Crippen molar-refractivity contribution < 1.29 is 28.7 Å². The molecular weight excluding hydrogens is 894 g/mol. The summed E-state index contributed by atoms with van der Waals surface area (Å²) in [7, 11) is 0. The number of anilines is 4. The highest BCUT2D eigenvalue weighted by Gasteiger charge is 2.19. The van der Waals surface area contributed by atoms with Crippen LogP contribution >= 0.6 is 11.6 Å². The highest BCUT2D eigenvalue weighted by Crippen LogP contribution is 2.37. The van der Waals surface area contributed by atoms with Crippen LogP contribution in [0.4, 0.5) is 23.3 Å². The number of furan rings is 1. The van der Waals surface area contributed by atoms with Gasteiger partial charge in [0.2, 0.25) is 29.5 Å². The van der Waals surface area contributed by atoms with Gasteiger partial charge in [-0.1, -0.05) is 48.4 Å². The van der Waals surface area contributed by atoms with Crippen LogP contribution < -0.4 is 32.3 Å². The molecule has 3 amide bonds. The lowest BCUT2D eigenvalue weighted by Crippen LogP contribution is -2.31. The van der Waals surface area contributed by atoms with Gasteiger partial charge in [0.25, 0.3) is 24.1 Å². The normalized spacial score (nSPS) is 12.4. The number of nitrogens with one attached hydrogen (secondary N) is 5. The number of amides is 3. The Balaban J connectivity index is 0.00000222. The number of hydrogen-bond donors (Lipinski definition) is 7. The summed E-state index contributed by atoms with van der Waals surface area (Å²) in [4.78, 5) is 75.5. The zero-order valence-corrected chi connectivity index (χ0v) is 37.9. The average molecular weight is 944 g/mol. The molecule has 1 fully saturated rings. The van der Waals surface area contributed by atoms with Crippen molar-refractivity contribution in [2.45, 2.75) is 52.1 Å². The van der Waals surface area contributed by atoms with Crippen molar-refractivity contribution in [1.82, 2.24) is 55.1 Å². The Morgan fingerprint density at radius 3 is 2.31 bits per heavy atom. The Bertz CT molecular complexity index is 2820. The number of piperidine rings is 1. The molecule has 0 spiro atoms. The smallest absolute Gasteiger partial charge is 0.293 e. The Hall–Kier alpha value is -7.88. The third-order valence-electron chi connectivity index (χ3n) is 10.7. The van der Waals surface area contributed by atoms with E-state index in [4.69, 9.17) is 31.7 Å². The van der Waals surface area contributed by atoms with E-state index in [0.717, 1.165) is 41.9 Å². The molecule has 8 rings (SSSR count). The number of nitrogens with zero attached hydrogens (tertiary/aromatic N) is 9. The summed E-state index contributed by atoms with van der Waals surface area (Å²) in [6.45, 7) is 6.43. The van der Waals surface area contributed by atoms with Crippen LogP contribution in [0.5, 0.6) is 0 Å². The Morgan fingerprint density at radius 1 is 0.838 bits per heavy atom. The molecule has 1 saturated heterocycles. The van der Waals surface area contributed by atoms with Crippen LogP contribution in [0.1, 0.15) is 69.9 Å². The Labute approximate surface area is 395 Å². The number of rotatable bonds is 18. The predicted molar refractivity (Wildman–Crippen MR) is 255 cm³/mol. The van der Waals surface area contributed by atoms with Gasteiger partial charge >= 0.3 is 0 Å². The predicted octanol–water partition coefficient (Wildman–Crippen LogP) is 5.46. The molecule has 7 aromatic rings. The van der Waals surface area contributed by atoms with Crippen molar-refractivity contribution in [3.05, 3.63) is 119 Å². The number of nitrogen functional groups attached to an aromatic ring is 1. The molecule has 0 aliphatic carbocycles. The number of carboxylic acid groups (broad SMARTS) is 1. The van der Waals surface area contributed by atoms with Crippen molar-refractivity contribution in [3.63, 3.8) is 0 Å². The first-order valence-corrected chi connectivity index (χ1v) is 22.2. The molecule has 1 aliphatic rings. The van der Waals surface area contributed by atoms with E-state index >= 15 is 0 Å². The van der Waals surface area contributed by atoms with Crippen molar-refractivity contribution in [2.24, 2.45) is 0 Å². The van der Waals surface area contributed by atoms with Crippen LogP contribution in [-0.4, -0.2) is 106 Å². The summed E-state index contributed by atoms with van der Waals surface area (Å²) in [6, 6.07) is 18.1. The first-order valence-electron chi connectivity index (χ1n) is 21.8. The molecule has 68 heavy (non-hydrogen) atoms. The molecule has 5 aromatic heterocycles. The van der Waals surface area contributed by atoms with Crippen LogP contribution in [-0.2, 0) is 22.7 Å². The minimum Gasteiger partial charge on any atom is -0.483 e. The second-order valence-electron chi connectivity index (χ2n) is 15.5. The van der Waals surface area contributed by atoms with E-state index in [1.165, 1.54) is 30.0 Å². The third-order valence-corrected chi connectivity index (χ3v) is 11.1. The number of halogens is 1. The van der Waals surface area contributed by atoms with Crippen molar-refractivity contribution in [2.75, 3.05) is 54.4 Å². The molecule has 21 nitrogen and oxygen atoms in total. The number of carbonyl (C=O) groups is 4. The maximum absolute atomic E-state index is 13.3. The fourth-order valence-corrected chi connectivity index (χ4v) is 7.59. The van der Waals surface area contributed by atoms with Crippen molar-refractivity contribution in [3.8, 4) is 22.7 Å². The van der Waals surface area contributed by atoms with Gasteiger partial charge in [0.05, 0.1) is 17.0 Å². The monoisotopic (exact) mass is 943 g/mol. The fraction of sp³-hybridized carbons (Fsp3) is 0.283. The molecule has 1 aliphatic heterocycles. The van der Waals surface area contributed by atoms with Crippen LogP contribution in [0, 0.1) is 6.92 Å². The highest BCUT2D eigenvalue weighted by atomic mass is 35.5. The summed E-state index contributed by atoms with van der Waals surface area (Å²) >= 11 is 6.90.